The Morgan fingerprint density at radius 3 is 2.61 bits per heavy atom. The van der Waals surface area contributed by atoms with Crippen LogP contribution >= 0.6 is 0 Å². The third kappa shape index (κ3) is 3.44. The first kappa shape index (κ1) is 13.3. The molecule has 0 aromatic carbocycles. The van der Waals surface area contributed by atoms with Crippen molar-refractivity contribution in [2.75, 3.05) is 0 Å². The van der Waals surface area contributed by atoms with Crippen molar-refractivity contribution >= 4 is 5.78 Å². The predicted molar refractivity (Wildman–Crippen MR) is 72.4 cm³/mol. The van der Waals surface area contributed by atoms with E-state index in [0.29, 0.717) is 12.2 Å². The zero-order valence-corrected chi connectivity index (χ0v) is 11.4. The number of hydrogen-bond acceptors (Lipinski definition) is 2. The number of aromatic nitrogens is 2. The van der Waals surface area contributed by atoms with Crippen molar-refractivity contribution in [3.05, 3.63) is 18.2 Å². The molecule has 0 radical (unpaired) electrons. The highest BCUT2D eigenvalue weighted by Crippen LogP contribution is 2.23. The Balaban J connectivity index is 1.93. The van der Waals surface area contributed by atoms with Gasteiger partial charge in [0, 0.05) is 24.9 Å². The van der Waals surface area contributed by atoms with Crippen LogP contribution in [0.15, 0.2) is 12.4 Å². The van der Waals surface area contributed by atoms with Crippen LogP contribution in [-0.2, 0) is 17.8 Å². The highest BCUT2D eigenvalue weighted by atomic mass is 16.1. The van der Waals surface area contributed by atoms with Gasteiger partial charge in [0.2, 0.25) is 0 Å². The lowest BCUT2D eigenvalue weighted by Crippen LogP contribution is -2.20. The van der Waals surface area contributed by atoms with Crippen molar-refractivity contribution in [2.45, 2.75) is 64.8 Å². The maximum Gasteiger partial charge on any atom is 0.143 e. The second-order valence-corrected chi connectivity index (χ2v) is 5.31. The fourth-order valence-electron chi connectivity index (χ4n) is 2.87. The van der Waals surface area contributed by atoms with Gasteiger partial charge >= 0.3 is 0 Å². The number of rotatable bonds is 4. The van der Waals surface area contributed by atoms with Gasteiger partial charge in [-0.25, -0.2) is 4.98 Å². The Bertz CT molecular complexity index is 376. The van der Waals surface area contributed by atoms with Crippen LogP contribution in [0.4, 0.5) is 0 Å². The SMILES string of the molecule is CCn1ccnc1CC(=O)C1CCCCCCC1. The van der Waals surface area contributed by atoms with Crippen molar-refractivity contribution < 1.29 is 4.79 Å². The van der Waals surface area contributed by atoms with E-state index in [1.807, 2.05) is 6.20 Å². The predicted octanol–water partition coefficient (Wildman–Crippen LogP) is 3.38. The summed E-state index contributed by atoms with van der Waals surface area (Å²) in [5.41, 5.74) is 0. The quantitative estimate of drug-likeness (QED) is 0.818. The Hall–Kier alpha value is -1.12. The first-order valence-electron chi connectivity index (χ1n) is 7.34. The van der Waals surface area contributed by atoms with Gasteiger partial charge in [-0.1, -0.05) is 32.1 Å². The van der Waals surface area contributed by atoms with E-state index >= 15 is 0 Å². The molecule has 0 aliphatic heterocycles. The summed E-state index contributed by atoms with van der Waals surface area (Å²) in [5, 5.41) is 0. The van der Waals surface area contributed by atoms with E-state index in [9.17, 15) is 4.79 Å². The van der Waals surface area contributed by atoms with Crippen molar-refractivity contribution in [3.63, 3.8) is 0 Å². The van der Waals surface area contributed by atoms with Crippen LogP contribution in [0.25, 0.3) is 0 Å². The molecule has 0 atom stereocenters. The van der Waals surface area contributed by atoms with Crippen molar-refractivity contribution in [3.8, 4) is 0 Å². The van der Waals surface area contributed by atoms with Gasteiger partial charge in [0.25, 0.3) is 0 Å². The molecular weight excluding hydrogens is 224 g/mol. The zero-order chi connectivity index (χ0) is 12.8. The number of carbonyl (C=O) groups excluding carboxylic acids is 1. The van der Waals surface area contributed by atoms with E-state index in [1.54, 1.807) is 6.20 Å². The summed E-state index contributed by atoms with van der Waals surface area (Å²) in [4.78, 5) is 16.7. The molecule has 1 aliphatic rings. The maximum atomic E-state index is 12.3. The minimum atomic E-state index is 0.285. The maximum absolute atomic E-state index is 12.3. The van der Waals surface area contributed by atoms with Crippen LogP contribution in [0.2, 0.25) is 0 Å². The van der Waals surface area contributed by atoms with Gasteiger partial charge in [-0.05, 0) is 19.8 Å². The molecule has 0 spiro atoms. The molecule has 1 saturated carbocycles. The third-order valence-electron chi connectivity index (χ3n) is 4.04. The molecular formula is C15H24N2O. The van der Waals surface area contributed by atoms with Crippen molar-refractivity contribution in [1.82, 2.24) is 9.55 Å². The van der Waals surface area contributed by atoms with Crippen molar-refractivity contribution in [2.24, 2.45) is 5.92 Å². The van der Waals surface area contributed by atoms with Gasteiger partial charge in [0.1, 0.15) is 11.6 Å². The minimum Gasteiger partial charge on any atom is -0.335 e. The summed E-state index contributed by atoms with van der Waals surface area (Å²) in [5.74, 6) is 1.62. The summed E-state index contributed by atoms with van der Waals surface area (Å²) >= 11 is 0. The second kappa shape index (κ2) is 6.72. The highest BCUT2D eigenvalue weighted by molar-refractivity contribution is 5.82. The number of imidazole rings is 1. The number of ketones is 1. The monoisotopic (exact) mass is 248 g/mol. The average molecular weight is 248 g/mol. The standard InChI is InChI=1S/C15H24N2O/c1-2-17-11-10-16-15(17)12-14(18)13-8-6-4-3-5-7-9-13/h10-11,13H,2-9,12H2,1H3. The number of carbonyl (C=O) groups is 1. The summed E-state index contributed by atoms with van der Waals surface area (Å²) in [6.07, 6.45) is 12.8. The second-order valence-electron chi connectivity index (χ2n) is 5.31. The van der Waals surface area contributed by atoms with Crippen LogP contribution in [0.5, 0.6) is 0 Å². The Morgan fingerprint density at radius 1 is 1.28 bits per heavy atom. The number of nitrogens with zero attached hydrogens (tertiary/aromatic N) is 2. The summed E-state index contributed by atoms with van der Waals surface area (Å²) in [6.45, 7) is 2.98. The van der Waals surface area contributed by atoms with Gasteiger partial charge in [-0.2, -0.15) is 0 Å². The molecule has 1 aromatic rings. The molecule has 3 heteroatoms. The zero-order valence-electron chi connectivity index (χ0n) is 11.4. The Morgan fingerprint density at radius 2 is 1.94 bits per heavy atom. The van der Waals surface area contributed by atoms with E-state index in [2.05, 4.69) is 16.5 Å². The summed E-state index contributed by atoms with van der Waals surface area (Å²) < 4.78 is 2.07. The average Bonchev–Trinajstić information content (AvgIpc) is 2.75. The normalized spacial score (nSPS) is 18.3. The number of Topliss-reactive ketones (excluding diaryl/α,β-unsaturated/α-hetero) is 1. The van der Waals surface area contributed by atoms with Gasteiger partial charge in [-0.3, -0.25) is 4.79 Å². The van der Waals surface area contributed by atoms with Crippen LogP contribution in [0.3, 0.4) is 0 Å². The topological polar surface area (TPSA) is 34.9 Å². The fourth-order valence-corrected chi connectivity index (χ4v) is 2.87. The van der Waals surface area contributed by atoms with E-state index < -0.39 is 0 Å². The lowest BCUT2D eigenvalue weighted by atomic mass is 9.87. The summed E-state index contributed by atoms with van der Waals surface area (Å²) in [7, 11) is 0. The van der Waals surface area contributed by atoms with Crippen molar-refractivity contribution in [1.29, 1.82) is 0 Å². The highest BCUT2D eigenvalue weighted by Gasteiger charge is 2.20. The third-order valence-corrected chi connectivity index (χ3v) is 4.04. The molecule has 0 bridgehead atoms. The minimum absolute atomic E-state index is 0.285. The van der Waals surface area contributed by atoms with Gasteiger partial charge in [0.05, 0.1) is 6.42 Å². The molecule has 1 heterocycles. The molecule has 1 aromatic heterocycles. The smallest absolute Gasteiger partial charge is 0.143 e. The molecule has 0 saturated heterocycles. The largest absolute Gasteiger partial charge is 0.335 e. The van der Waals surface area contributed by atoms with Gasteiger partial charge < -0.3 is 4.57 Å². The van der Waals surface area contributed by atoms with E-state index in [1.165, 1.54) is 32.1 Å². The molecule has 1 fully saturated rings. The van der Waals surface area contributed by atoms with Crippen LogP contribution in [0, 0.1) is 5.92 Å². The molecule has 0 unspecified atom stereocenters. The number of aryl methyl sites for hydroxylation is 1. The lowest BCUT2D eigenvalue weighted by molar-refractivity contribution is -0.123. The molecule has 3 nitrogen and oxygen atoms in total. The summed E-state index contributed by atoms with van der Waals surface area (Å²) in [6, 6.07) is 0. The molecule has 2 rings (SSSR count). The molecule has 1 aliphatic carbocycles. The first-order chi connectivity index (χ1) is 8.81. The van der Waals surface area contributed by atoms with E-state index in [-0.39, 0.29) is 5.92 Å². The molecule has 0 amide bonds. The molecule has 100 valence electrons. The van der Waals surface area contributed by atoms with Gasteiger partial charge in [-0.15, -0.1) is 0 Å². The van der Waals surface area contributed by atoms with Crippen LogP contribution in [0.1, 0.15) is 57.7 Å². The lowest BCUT2D eigenvalue weighted by Gasteiger charge is -2.18. The molecule has 0 N–H and O–H groups in total. The molecule has 18 heavy (non-hydrogen) atoms. The Labute approximate surface area is 110 Å². The fraction of sp³-hybridized carbons (Fsp3) is 0.733. The van der Waals surface area contributed by atoms with E-state index in [0.717, 1.165) is 25.2 Å². The Kier molecular flexibility index (Phi) is 4.97. The van der Waals surface area contributed by atoms with E-state index in [4.69, 9.17) is 0 Å². The van der Waals surface area contributed by atoms with Crippen LogP contribution < -0.4 is 0 Å². The van der Waals surface area contributed by atoms with Gasteiger partial charge in [0.15, 0.2) is 0 Å². The number of hydrogen-bond donors (Lipinski definition) is 0. The van der Waals surface area contributed by atoms with Crippen LogP contribution in [-0.4, -0.2) is 15.3 Å². The first-order valence-corrected chi connectivity index (χ1v) is 7.34.